The van der Waals surface area contributed by atoms with Crippen molar-refractivity contribution < 1.29 is 17.6 Å². The summed E-state index contributed by atoms with van der Waals surface area (Å²) in [5.41, 5.74) is 1.19. The standard InChI is InChI=1S/C19H14FN3O3S2/c1-12-2-3-14(11-16(12)20)18(24)23-8-6-13-10-15(4-5-17(13)23)28(25,26)22-19-21-7-9-27-19/h2-11H,1H3,(H,21,22). The monoisotopic (exact) mass is 415 g/mol. The van der Waals surface area contributed by atoms with E-state index in [0.717, 1.165) is 0 Å². The summed E-state index contributed by atoms with van der Waals surface area (Å²) in [7, 11) is -3.79. The molecule has 0 atom stereocenters. The van der Waals surface area contributed by atoms with Gasteiger partial charge in [-0.05, 0) is 48.9 Å². The molecule has 0 aliphatic rings. The third-order valence-corrected chi connectivity index (χ3v) is 6.42. The lowest BCUT2D eigenvalue weighted by Gasteiger charge is -2.08. The van der Waals surface area contributed by atoms with E-state index in [4.69, 9.17) is 0 Å². The minimum atomic E-state index is -3.79. The van der Waals surface area contributed by atoms with Gasteiger partial charge in [0.1, 0.15) is 5.82 Å². The van der Waals surface area contributed by atoms with Gasteiger partial charge in [-0.1, -0.05) is 6.07 Å². The van der Waals surface area contributed by atoms with Crippen LogP contribution >= 0.6 is 11.3 Å². The number of hydrogen-bond acceptors (Lipinski definition) is 5. The molecule has 0 radical (unpaired) electrons. The molecule has 0 unspecified atom stereocenters. The summed E-state index contributed by atoms with van der Waals surface area (Å²) in [5.74, 6) is -0.852. The number of nitrogens with one attached hydrogen (secondary N) is 1. The second-order valence-electron chi connectivity index (χ2n) is 6.12. The molecule has 2 heterocycles. The van der Waals surface area contributed by atoms with Gasteiger partial charge in [-0.3, -0.25) is 14.1 Å². The smallest absolute Gasteiger partial charge is 0.263 e. The number of carbonyl (C=O) groups is 1. The predicted octanol–water partition coefficient (Wildman–Crippen LogP) is 4.03. The summed E-state index contributed by atoms with van der Waals surface area (Å²) in [6, 6.07) is 10.4. The van der Waals surface area contributed by atoms with Crippen molar-refractivity contribution in [3.05, 3.63) is 77.2 Å². The molecule has 28 heavy (non-hydrogen) atoms. The molecule has 2 aromatic heterocycles. The minimum absolute atomic E-state index is 0.0572. The van der Waals surface area contributed by atoms with Gasteiger partial charge in [0.25, 0.3) is 15.9 Å². The number of aromatic nitrogens is 2. The normalized spacial score (nSPS) is 11.6. The van der Waals surface area contributed by atoms with E-state index in [0.29, 0.717) is 16.5 Å². The first-order valence-corrected chi connectivity index (χ1v) is 10.6. The van der Waals surface area contributed by atoms with E-state index in [1.165, 1.54) is 46.5 Å². The molecule has 0 bridgehead atoms. The molecule has 4 aromatic rings. The van der Waals surface area contributed by atoms with Crippen molar-refractivity contribution in [3.8, 4) is 0 Å². The van der Waals surface area contributed by atoms with E-state index in [1.807, 2.05) is 0 Å². The van der Waals surface area contributed by atoms with Gasteiger partial charge in [-0.25, -0.2) is 17.8 Å². The summed E-state index contributed by atoms with van der Waals surface area (Å²) < 4.78 is 42.6. The van der Waals surface area contributed by atoms with Gasteiger partial charge in [0.05, 0.1) is 10.4 Å². The molecule has 0 fully saturated rings. The topological polar surface area (TPSA) is 81.1 Å². The Morgan fingerprint density at radius 2 is 2.00 bits per heavy atom. The van der Waals surface area contributed by atoms with Crippen LogP contribution in [-0.2, 0) is 10.0 Å². The highest BCUT2D eigenvalue weighted by atomic mass is 32.2. The number of fused-ring (bicyclic) bond motifs is 1. The lowest BCUT2D eigenvalue weighted by Crippen LogP contribution is -2.13. The zero-order chi connectivity index (χ0) is 19.9. The number of anilines is 1. The van der Waals surface area contributed by atoms with Crippen LogP contribution in [0.2, 0.25) is 0 Å². The maximum Gasteiger partial charge on any atom is 0.263 e. The number of nitrogens with zero attached hydrogens (tertiary/aromatic N) is 2. The Balaban J connectivity index is 1.70. The molecule has 0 saturated carbocycles. The fourth-order valence-corrected chi connectivity index (χ4v) is 4.60. The molecule has 142 valence electrons. The van der Waals surface area contributed by atoms with E-state index < -0.39 is 21.7 Å². The van der Waals surface area contributed by atoms with Crippen LogP contribution in [0.1, 0.15) is 15.9 Å². The molecule has 0 amide bonds. The molecule has 0 saturated heterocycles. The van der Waals surface area contributed by atoms with Crippen LogP contribution in [0.4, 0.5) is 9.52 Å². The number of rotatable bonds is 4. The molecular weight excluding hydrogens is 401 g/mol. The second-order valence-corrected chi connectivity index (χ2v) is 8.70. The first kappa shape index (κ1) is 18.3. The van der Waals surface area contributed by atoms with Gasteiger partial charge < -0.3 is 0 Å². The fourth-order valence-electron chi connectivity index (χ4n) is 2.78. The fraction of sp³-hybridized carbons (Fsp3) is 0.0526. The first-order chi connectivity index (χ1) is 13.3. The Kier molecular flexibility index (Phi) is 4.48. The van der Waals surface area contributed by atoms with E-state index in [9.17, 15) is 17.6 Å². The summed E-state index contributed by atoms with van der Waals surface area (Å²) in [4.78, 5) is 16.7. The van der Waals surface area contributed by atoms with Crippen molar-refractivity contribution in [2.24, 2.45) is 0 Å². The third-order valence-electron chi connectivity index (χ3n) is 4.26. The number of halogens is 1. The molecular formula is C19H14FN3O3S2. The SMILES string of the molecule is Cc1ccc(C(=O)n2ccc3cc(S(=O)(=O)Nc4nccs4)ccc32)cc1F. The summed E-state index contributed by atoms with van der Waals surface area (Å²) in [5, 5.41) is 2.51. The van der Waals surface area contributed by atoms with E-state index in [2.05, 4.69) is 9.71 Å². The van der Waals surface area contributed by atoms with Crippen LogP contribution in [-0.4, -0.2) is 23.9 Å². The largest absolute Gasteiger partial charge is 0.283 e. The Morgan fingerprint density at radius 1 is 1.18 bits per heavy atom. The van der Waals surface area contributed by atoms with E-state index in [-0.39, 0.29) is 15.6 Å². The third kappa shape index (κ3) is 3.30. The van der Waals surface area contributed by atoms with E-state index in [1.54, 1.807) is 36.6 Å². The molecule has 6 nitrogen and oxygen atoms in total. The first-order valence-electron chi connectivity index (χ1n) is 8.19. The summed E-state index contributed by atoms with van der Waals surface area (Å²) in [6.07, 6.45) is 3.04. The second kappa shape index (κ2) is 6.84. The molecule has 0 aliphatic carbocycles. The maximum atomic E-state index is 13.8. The average molecular weight is 415 g/mol. The number of aryl methyl sites for hydroxylation is 1. The number of carbonyl (C=O) groups excluding carboxylic acids is 1. The Morgan fingerprint density at radius 3 is 2.71 bits per heavy atom. The van der Waals surface area contributed by atoms with Crippen molar-refractivity contribution in [1.82, 2.24) is 9.55 Å². The van der Waals surface area contributed by atoms with Crippen molar-refractivity contribution in [1.29, 1.82) is 0 Å². The highest BCUT2D eigenvalue weighted by Gasteiger charge is 2.18. The highest BCUT2D eigenvalue weighted by Crippen LogP contribution is 2.24. The van der Waals surface area contributed by atoms with Gasteiger partial charge in [0, 0.05) is 28.7 Å². The van der Waals surface area contributed by atoms with Gasteiger partial charge >= 0.3 is 0 Å². The number of sulfonamides is 1. The van der Waals surface area contributed by atoms with Gasteiger partial charge in [-0.2, -0.15) is 0 Å². The van der Waals surface area contributed by atoms with Crippen molar-refractivity contribution in [3.63, 3.8) is 0 Å². The minimum Gasteiger partial charge on any atom is -0.283 e. The van der Waals surface area contributed by atoms with Crippen LogP contribution in [0.25, 0.3) is 10.9 Å². The molecule has 0 aliphatic heterocycles. The van der Waals surface area contributed by atoms with E-state index >= 15 is 0 Å². The molecule has 4 rings (SSSR count). The van der Waals surface area contributed by atoms with Crippen LogP contribution in [0.15, 0.2) is 65.1 Å². The van der Waals surface area contributed by atoms with Crippen molar-refractivity contribution >= 4 is 43.3 Å². The highest BCUT2D eigenvalue weighted by molar-refractivity contribution is 7.93. The Labute approximate surface area is 164 Å². The summed E-state index contributed by atoms with van der Waals surface area (Å²) >= 11 is 1.18. The average Bonchev–Trinajstić information content (AvgIpc) is 3.32. The zero-order valence-electron chi connectivity index (χ0n) is 14.6. The van der Waals surface area contributed by atoms with Gasteiger partial charge in [0.15, 0.2) is 5.13 Å². The Hall–Kier alpha value is -3.04. The molecule has 2 aromatic carbocycles. The molecule has 1 N–H and O–H groups in total. The zero-order valence-corrected chi connectivity index (χ0v) is 16.2. The number of benzene rings is 2. The van der Waals surface area contributed by atoms with Crippen LogP contribution in [0, 0.1) is 12.7 Å². The number of thiazole rings is 1. The van der Waals surface area contributed by atoms with Crippen LogP contribution in [0.3, 0.4) is 0 Å². The van der Waals surface area contributed by atoms with Gasteiger partial charge in [0.2, 0.25) is 0 Å². The lowest BCUT2D eigenvalue weighted by atomic mass is 10.1. The predicted molar refractivity (Wildman–Crippen MR) is 106 cm³/mol. The van der Waals surface area contributed by atoms with Crippen LogP contribution in [0.5, 0.6) is 0 Å². The summed E-state index contributed by atoms with van der Waals surface area (Å²) in [6.45, 7) is 1.62. The Bertz CT molecular complexity index is 1300. The van der Waals surface area contributed by atoms with Crippen molar-refractivity contribution in [2.75, 3.05) is 4.72 Å². The lowest BCUT2D eigenvalue weighted by molar-refractivity contribution is 0.0964. The van der Waals surface area contributed by atoms with Gasteiger partial charge in [-0.15, -0.1) is 11.3 Å². The quantitative estimate of drug-likeness (QED) is 0.546. The van der Waals surface area contributed by atoms with Crippen molar-refractivity contribution in [2.45, 2.75) is 11.8 Å². The molecule has 9 heteroatoms. The number of hydrogen-bond donors (Lipinski definition) is 1. The maximum absolute atomic E-state index is 13.8. The molecule has 0 spiro atoms. The van der Waals surface area contributed by atoms with Crippen LogP contribution < -0.4 is 4.72 Å².